The number of likely N-dealkylation sites (N-methyl/N-ethyl adjacent to an activating group) is 1. The van der Waals surface area contributed by atoms with Gasteiger partial charge in [-0.15, -0.1) is 0 Å². The van der Waals surface area contributed by atoms with Crippen LogP contribution in [0.2, 0.25) is 0 Å². The lowest BCUT2D eigenvalue weighted by Crippen LogP contribution is -2.35. The van der Waals surface area contributed by atoms with Crippen molar-refractivity contribution in [2.75, 3.05) is 31.9 Å². The summed E-state index contributed by atoms with van der Waals surface area (Å²) in [5.74, 6) is -0.0231. The second kappa shape index (κ2) is 7.79. The van der Waals surface area contributed by atoms with Crippen LogP contribution in [0.3, 0.4) is 0 Å². The number of rotatable bonds is 7. The molecule has 4 heteroatoms. The van der Waals surface area contributed by atoms with Crippen molar-refractivity contribution in [3.63, 3.8) is 0 Å². The summed E-state index contributed by atoms with van der Waals surface area (Å²) in [5.41, 5.74) is 7.99. The van der Waals surface area contributed by atoms with E-state index >= 15 is 0 Å². The molecule has 1 aromatic rings. The van der Waals surface area contributed by atoms with Gasteiger partial charge in [0.25, 0.3) is 5.91 Å². The largest absolute Gasteiger partial charge is 0.399 e. The molecular weight excluding hydrogens is 238 g/mol. The van der Waals surface area contributed by atoms with Gasteiger partial charge in [-0.3, -0.25) is 4.79 Å². The summed E-state index contributed by atoms with van der Waals surface area (Å²) in [7, 11) is 0. The van der Waals surface area contributed by atoms with E-state index in [2.05, 4.69) is 24.1 Å². The molecule has 0 fully saturated rings. The molecule has 0 spiro atoms. The van der Waals surface area contributed by atoms with E-state index in [9.17, 15) is 4.79 Å². The number of nitrogens with one attached hydrogen (secondary N) is 1. The molecule has 3 N–H and O–H groups in total. The van der Waals surface area contributed by atoms with Crippen LogP contribution in [0, 0.1) is 6.92 Å². The van der Waals surface area contributed by atoms with Gasteiger partial charge in [-0.1, -0.05) is 13.8 Å². The second-order valence-corrected chi connectivity index (χ2v) is 4.76. The molecule has 0 atom stereocenters. The maximum Gasteiger partial charge on any atom is 0.251 e. The Hall–Kier alpha value is -1.55. The predicted molar refractivity (Wildman–Crippen MR) is 80.3 cm³/mol. The van der Waals surface area contributed by atoms with Gasteiger partial charge in [0.1, 0.15) is 0 Å². The average Bonchev–Trinajstić information content (AvgIpc) is 2.37. The molecule has 0 saturated heterocycles. The van der Waals surface area contributed by atoms with Crippen LogP contribution < -0.4 is 11.1 Å². The molecule has 1 aromatic carbocycles. The SMILES string of the molecule is CCCN(CC)CCNC(=O)c1ccc(N)cc1C. The van der Waals surface area contributed by atoms with Gasteiger partial charge in [-0.2, -0.15) is 0 Å². The van der Waals surface area contributed by atoms with E-state index in [1.807, 2.05) is 13.0 Å². The third-order valence-electron chi connectivity index (χ3n) is 3.20. The van der Waals surface area contributed by atoms with E-state index in [1.165, 1.54) is 0 Å². The Labute approximate surface area is 116 Å². The number of aryl methyl sites for hydroxylation is 1. The molecule has 0 aliphatic heterocycles. The number of nitrogens with zero attached hydrogens (tertiary/aromatic N) is 1. The highest BCUT2D eigenvalue weighted by Crippen LogP contribution is 2.12. The van der Waals surface area contributed by atoms with E-state index in [0.717, 1.165) is 31.6 Å². The Kier molecular flexibility index (Phi) is 6.36. The van der Waals surface area contributed by atoms with Gasteiger partial charge in [-0.25, -0.2) is 0 Å². The molecular formula is C15H25N3O. The fourth-order valence-electron chi connectivity index (χ4n) is 2.11. The Morgan fingerprint density at radius 1 is 1.32 bits per heavy atom. The van der Waals surface area contributed by atoms with Gasteiger partial charge in [0.15, 0.2) is 0 Å². The summed E-state index contributed by atoms with van der Waals surface area (Å²) in [6.45, 7) is 9.87. The first-order valence-electron chi connectivity index (χ1n) is 6.95. The van der Waals surface area contributed by atoms with E-state index in [1.54, 1.807) is 12.1 Å². The van der Waals surface area contributed by atoms with Gasteiger partial charge < -0.3 is 16.0 Å². The van der Waals surface area contributed by atoms with Gasteiger partial charge in [0.05, 0.1) is 0 Å². The third kappa shape index (κ3) is 4.91. The van der Waals surface area contributed by atoms with Crippen molar-refractivity contribution < 1.29 is 4.79 Å². The van der Waals surface area contributed by atoms with Crippen LogP contribution >= 0.6 is 0 Å². The Morgan fingerprint density at radius 2 is 2.05 bits per heavy atom. The van der Waals surface area contributed by atoms with Crippen molar-refractivity contribution in [1.82, 2.24) is 10.2 Å². The number of carbonyl (C=O) groups excluding carboxylic acids is 1. The molecule has 0 saturated carbocycles. The lowest BCUT2D eigenvalue weighted by atomic mass is 10.1. The van der Waals surface area contributed by atoms with Crippen molar-refractivity contribution in [2.24, 2.45) is 0 Å². The topological polar surface area (TPSA) is 58.4 Å². The summed E-state index contributed by atoms with van der Waals surface area (Å²) in [4.78, 5) is 14.4. The molecule has 0 bridgehead atoms. The van der Waals surface area contributed by atoms with Crippen molar-refractivity contribution in [2.45, 2.75) is 27.2 Å². The number of anilines is 1. The van der Waals surface area contributed by atoms with Crippen LogP contribution in [0.5, 0.6) is 0 Å². The standard InChI is InChI=1S/C15H25N3O/c1-4-9-18(5-2)10-8-17-15(19)14-7-6-13(16)11-12(14)3/h6-7,11H,4-5,8-10,16H2,1-3H3,(H,17,19). The molecule has 1 amide bonds. The Morgan fingerprint density at radius 3 is 2.63 bits per heavy atom. The molecule has 1 rings (SSSR count). The molecule has 0 heterocycles. The summed E-state index contributed by atoms with van der Waals surface area (Å²) in [5, 5.41) is 2.96. The maximum absolute atomic E-state index is 12.0. The Balaban J connectivity index is 2.47. The number of carbonyl (C=O) groups is 1. The normalized spacial score (nSPS) is 10.7. The van der Waals surface area contributed by atoms with E-state index < -0.39 is 0 Å². The average molecular weight is 263 g/mol. The van der Waals surface area contributed by atoms with E-state index in [0.29, 0.717) is 17.8 Å². The van der Waals surface area contributed by atoms with Gasteiger partial charge >= 0.3 is 0 Å². The first-order valence-corrected chi connectivity index (χ1v) is 6.95. The first-order chi connectivity index (χ1) is 9.08. The van der Waals surface area contributed by atoms with Crippen molar-refractivity contribution in [3.8, 4) is 0 Å². The van der Waals surface area contributed by atoms with Crippen LogP contribution in [0.1, 0.15) is 36.2 Å². The highest BCUT2D eigenvalue weighted by Gasteiger charge is 2.09. The van der Waals surface area contributed by atoms with Crippen LogP contribution in [-0.2, 0) is 0 Å². The summed E-state index contributed by atoms with van der Waals surface area (Å²) in [6.07, 6.45) is 1.14. The van der Waals surface area contributed by atoms with Crippen molar-refractivity contribution in [1.29, 1.82) is 0 Å². The monoisotopic (exact) mass is 263 g/mol. The van der Waals surface area contributed by atoms with Gasteiger partial charge in [0, 0.05) is 24.3 Å². The zero-order valence-electron chi connectivity index (χ0n) is 12.2. The summed E-state index contributed by atoms with van der Waals surface area (Å²) >= 11 is 0. The van der Waals surface area contributed by atoms with E-state index in [4.69, 9.17) is 5.73 Å². The third-order valence-corrected chi connectivity index (χ3v) is 3.20. The van der Waals surface area contributed by atoms with Crippen LogP contribution in [0.25, 0.3) is 0 Å². The summed E-state index contributed by atoms with van der Waals surface area (Å²) < 4.78 is 0. The molecule has 0 unspecified atom stereocenters. The smallest absolute Gasteiger partial charge is 0.251 e. The minimum atomic E-state index is -0.0231. The predicted octanol–water partition coefficient (Wildman–Crippen LogP) is 2.04. The van der Waals surface area contributed by atoms with Crippen LogP contribution in [0.4, 0.5) is 5.69 Å². The van der Waals surface area contributed by atoms with Gasteiger partial charge in [0.2, 0.25) is 0 Å². The number of hydrogen-bond acceptors (Lipinski definition) is 3. The van der Waals surface area contributed by atoms with Crippen LogP contribution in [0.15, 0.2) is 18.2 Å². The quantitative estimate of drug-likeness (QED) is 0.740. The number of benzene rings is 1. The number of nitrogen functional groups attached to an aromatic ring is 1. The second-order valence-electron chi connectivity index (χ2n) is 4.76. The minimum absolute atomic E-state index is 0.0231. The summed E-state index contributed by atoms with van der Waals surface area (Å²) in [6, 6.07) is 5.37. The fourth-order valence-corrected chi connectivity index (χ4v) is 2.11. The first kappa shape index (κ1) is 15.5. The zero-order valence-corrected chi connectivity index (χ0v) is 12.2. The number of amides is 1. The van der Waals surface area contributed by atoms with E-state index in [-0.39, 0.29) is 5.91 Å². The number of nitrogens with two attached hydrogens (primary N) is 1. The van der Waals surface area contributed by atoms with Crippen molar-refractivity contribution >= 4 is 11.6 Å². The highest BCUT2D eigenvalue weighted by molar-refractivity contribution is 5.95. The maximum atomic E-state index is 12.0. The minimum Gasteiger partial charge on any atom is -0.399 e. The molecule has 0 aromatic heterocycles. The highest BCUT2D eigenvalue weighted by atomic mass is 16.1. The zero-order chi connectivity index (χ0) is 14.3. The lowest BCUT2D eigenvalue weighted by molar-refractivity contribution is 0.0948. The fraction of sp³-hybridized carbons (Fsp3) is 0.533. The number of hydrogen-bond donors (Lipinski definition) is 2. The Bertz CT molecular complexity index is 418. The molecule has 0 radical (unpaired) electrons. The lowest BCUT2D eigenvalue weighted by Gasteiger charge is -2.19. The molecule has 0 aliphatic carbocycles. The van der Waals surface area contributed by atoms with Crippen LogP contribution in [-0.4, -0.2) is 37.0 Å². The van der Waals surface area contributed by atoms with Gasteiger partial charge in [-0.05, 0) is 50.2 Å². The molecule has 19 heavy (non-hydrogen) atoms. The molecule has 0 aliphatic rings. The van der Waals surface area contributed by atoms with Crippen molar-refractivity contribution in [3.05, 3.63) is 29.3 Å². The molecule has 106 valence electrons. The molecule has 4 nitrogen and oxygen atoms in total.